The van der Waals surface area contributed by atoms with Crippen molar-refractivity contribution in [2.45, 2.75) is 13.0 Å². The number of hydrogen-bond donors (Lipinski definition) is 1. The molecule has 2 aromatic rings. The van der Waals surface area contributed by atoms with Gasteiger partial charge in [0, 0.05) is 5.56 Å². The summed E-state index contributed by atoms with van der Waals surface area (Å²) < 4.78 is 10.6. The summed E-state index contributed by atoms with van der Waals surface area (Å²) in [6.45, 7) is 1.88. The molecule has 0 heterocycles. The smallest absolute Gasteiger partial charge is 0.253 e. The Labute approximate surface area is 135 Å². The second-order valence-corrected chi connectivity index (χ2v) is 5.19. The first-order chi connectivity index (χ1) is 10.6. The quantitative estimate of drug-likeness (QED) is 0.910. The van der Waals surface area contributed by atoms with Crippen molar-refractivity contribution in [2.24, 2.45) is 0 Å². The molecule has 1 N–H and O–H groups in total. The maximum atomic E-state index is 12.3. The Morgan fingerprint density at radius 3 is 2.50 bits per heavy atom. The van der Waals surface area contributed by atoms with E-state index in [4.69, 9.17) is 21.1 Å². The molecule has 0 saturated heterocycles. The molecule has 0 unspecified atom stereocenters. The number of carbonyl (C=O) groups is 1. The molecule has 0 aliphatic rings. The molecule has 116 valence electrons. The molecule has 2 aromatic carbocycles. The summed E-state index contributed by atoms with van der Waals surface area (Å²) in [4.78, 5) is 12.3. The van der Waals surface area contributed by atoms with E-state index in [0.29, 0.717) is 22.1 Å². The van der Waals surface area contributed by atoms with Crippen LogP contribution in [0.15, 0.2) is 42.5 Å². The number of ether oxygens (including phenoxy) is 2. The van der Waals surface area contributed by atoms with Crippen LogP contribution in [-0.4, -0.2) is 20.1 Å². The Morgan fingerprint density at radius 2 is 1.86 bits per heavy atom. The van der Waals surface area contributed by atoms with Crippen LogP contribution in [0.3, 0.4) is 0 Å². The van der Waals surface area contributed by atoms with Gasteiger partial charge >= 0.3 is 0 Å². The molecule has 0 aromatic heterocycles. The summed E-state index contributed by atoms with van der Waals surface area (Å²) in [7, 11) is 3.19. The van der Waals surface area contributed by atoms with E-state index >= 15 is 0 Å². The zero-order valence-electron chi connectivity index (χ0n) is 12.7. The molecule has 0 fully saturated rings. The van der Waals surface area contributed by atoms with E-state index in [1.807, 2.05) is 25.1 Å². The lowest BCUT2D eigenvalue weighted by Crippen LogP contribution is -2.27. The van der Waals surface area contributed by atoms with Gasteiger partial charge < -0.3 is 14.8 Å². The van der Waals surface area contributed by atoms with Gasteiger partial charge in [0.05, 0.1) is 30.8 Å². The molecular weight excluding hydrogens is 302 g/mol. The highest BCUT2D eigenvalue weighted by molar-refractivity contribution is 6.33. The number of benzene rings is 2. The van der Waals surface area contributed by atoms with Crippen molar-refractivity contribution in [3.8, 4) is 11.5 Å². The number of amides is 1. The van der Waals surface area contributed by atoms with E-state index in [-0.39, 0.29) is 11.9 Å². The van der Waals surface area contributed by atoms with Crippen molar-refractivity contribution in [3.05, 3.63) is 58.6 Å². The molecule has 5 heteroatoms. The van der Waals surface area contributed by atoms with E-state index in [2.05, 4.69) is 5.32 Å². The standard InChI is InChI=1S/C17H18ClNO3/c1-11(14-10-12(21-2)8-9-16(14)22-3)19-17(20)13-6-4-5-7-15(13)18/h4-11H,1-3H3,(H,19,20)/t11-/m1/s1. The van der Waals surface area contributed by atoms with Crippen molar-refractivity contribution in [1.82, 2.24) is 5.32 Å². The third kappa shape index (κ3) is 3.52. The third-order valence-corrected chi connectivity index (χ3v) is 3.70. The van der Waals surface area contributed by atoms with Crippen molar-refractivity contribution >= 4 is 17.5 Å². The van der Waals surface area contributed by atoms with Crippen molar-refractivity contribution in [3.63, 3.8) is 0 Å². The predicted octanol–water partition coefficient (Wildman–Crippen LogP) is 3.85. The van der Waals surface area contributed by atoms with Crippen LogP contribution in [0.1, 0.15) is 28.9 Å². The molecule has 4 nitrogen and oxygen atoms in total. The summed E-state index contributed by atoms with van der Waals surface area (Å²) in [6, 6.07) is 12.1. The fourth-order valence-electron chi connectivity index (χ4n) is 2.18. The average molecular weight is 320 g/mol. The minimum absolute atomic E-state index is 0.233. The largest absolute Gasteiger partial charge is 0.497 e. The van der Waals surface area contributed by atoms with Gasteiger partial charge in [-0.2, -0.15) is 0 Å². The minimum Gasteiger partial charge on any atom is -0.497 e. The molecule has 0 aliphatic carbocycles. The Hall–Kier alpha value is -2.20. The highest BCUT2D eigenvalue weighted by atomic mass is 35.5. The zero-order chi connectivity index (χ0) is 16.1. The van der Waals surface area contributed by atoms with Gasteiger partial charge in [-0.25, -0.2) is 0 Å². The first kappa shape index (κ1) is 16.2. The van der Waals surface area contributed by atoms with Gasteiger partial charge in [0.1, 0.15) is 11.5 Å². The predicted molar refractivity (Wildman–Crippen MR) is 86.9 cm³/mol. The lowest BCUT2D eigenvalue weighted by atomic mass is 10.1. The average Bonchev–Trinajstić information content (AvgIpc) is 2.54. The van der Waals surface area contributed by atoms with E-state index < -0.39 is 0 Å². The Morgan fingerprint density at radius 1 is 1.14 bits per heavy atom. The Balaban J connectivity index is 2.23. The molecule has 1 amide bonds. The van der Waals surface area contributed by atoms with Gasteiger partial charge in [0.15, 0.2) is 0 Å². The maximum absolute atomic E-state index is 12.3. The maximum Gasteiger partial charge on any atom is 0.253 e. The number of methoxy groups -OCH3 is 2. The molecule has 0 bridgehead atoms. The van der Waals surface area contributed by atoms with Crippen LogP contribution in [0.2, 0.25) is 5.02 Å². The number of carbonyl (C=O) groups excluding carboxylic acids is 1. The summed E-state index contributed by atoms with van der Waals surface area (Å²) in [5, 5.41) is 3.34. The topological polar surface area (TPSA) is 47.6 Å². The number of hydrogen-bond acceptors (Lipinski definition) is 3. The monoisotopic (exact) mass is 319 g/mol. The van der Waals surface area contributed by atoms with Crippen LogP contribution in [0, 0.1) is 0 Å². The summed E-state index contributed by atoms with van der Waals surface area (Å²) in [5.41, 5.74) is 1.28. The summed E-state index contributed by atoms with van der Waals surface area (Å²) >= 11 is 6.05. The fraction of sp³-hybridized carbons (Fsp3) is 0.235. The summed E-state index contributed by atoms with van der Waals surface area (Å²) in [5.74, 6) is 1.16. The van der Waals surface area contributed by atoms with Crippen LogP contribution in [0.4, 0.5) is 0 Å². The van der Waals surface area contributed by atoms with Crippen LogP contribution in [0.5, 0.6) is 11.5 Å². The van der Waals surface area contributed by atoms with Gasteiger partial charge in [-0.1, -0.05) is 23.7 Å². The normalized spacial score (nSPS) is 11.6. The van der Waals surface area contributed by atoms with Crippen LogP contribution in [-0.2, 0) is 0 Å². The molecule has 22 heavy (non-hydrogen) atoms. The Bertz CT molecular complexity index is 673. The Kier molecular flexibility index (Phi) is 5.28. The minimum atomic E-state index is -0.256. The zero-order valence-corrected chi connectivity index (χ0v) is 13.5. The van der Waals surface area contributed by atoms with E-state index in [1.54, 1.807) is 38.5 Å². The molecule has 0 saturated carbocycles. The van der Waals surface area contributed by atoms with E-state index in [9.17, 15) is 4.79 Å². The number of halogens is 1. The van der Waals surface area contributed by atoms with Crippen molar-refractivity contribution in [1.29, 1.82) is 0 Å². The van der Waals surface area contributed by atoms with Gasteiger partial charge in [0.2, 0.25) is 0 Å². The lowest BCUT2D eigenvalue weighted by Gasteiger charge is -2.18. The van der Waals surface area contributed by atoms with Gasteiger partial charge in [-0.05, 0) is 37.3 Å². The summed E-state index contributed by atoms with van der Waals surface area (Å²) in [6.07, 6.45) is 0. The van der Waals surface area contributed by atoms with Crippen molar-refractivity contribution in [2.75, 3.05) is 14.2 Å². The molecule has 2 rings (SSSR count). The van der Waals surface area contributed by atoms with E-state index in [0.717, 1.165) is 5.56 Å². The van der Waals surface area contributed by atoms with E-state index in [1.165, 1.54) is 0 Å². The third-order valence-electron chi connectivity index (χ3n) is 3.37. The number of nitrogens with one attached hydrogen (secondary N) is 1. The lowest BCUT2D eigenvalue weighted by molar-refractivity contribution is 0.0939. The molecule has 0 spiro atoms. The highest BCUT2D eigenvalue weighted by Crippen LogP contribution is 2.29. The second kappa shape index (κ2) is 7.18. The SMILES string of the molecule is COc1ccc(OC)c([C@@H](C)NC(=O)c2ccccc2Cl)c1. The van der Waals surface area contributed by atoms with Gasteiger partial charge in [-0.15, -0.1) is 0 Å². The number of rotatable bonds is 5. The van der Waals surface area contributed by atoms with Crippen molar-refractivity contribution < 1.29 is 14.3 Å². The molecular formula is C17H18ClNO3. The first-order valence-electron chi connectivity index (χ1n) is 6.84. The second-order valence-electron chi connectivity index (χ2n) is 4.78. The molecule has 0 radical (unpaired) electrons. The van der Waals surface area contributed by atoms with Crippen LogP contribution < -0.4 is 14.8 Å². The first-order valence-corrected chi connectivity index (χ1v) is 7.22. The fourth-order valence-corrected chi connectivity index (χ4v) is 2.40. The van der Waals surface area contributed by atoms with Crippen LogP contribution >= 0.6 is 11.6 Å². The van der Waals surface area contributed by atoms with Crippen LogP contribution in [0.25, 0.3) is 0 Å². The molecule has 1 atom stereocenters. The highest BCUT2D eigenvalue weighted by Gasteiger charge is 2.17. The molecule has 0 aliphatic heterocycles. The van der Waals surface area contributed by atoms with Gasteiger partial charge in [-0.3, -0.25) is 4.79 Å². The van der Waals surface area contributed by atoms with Gasteiger partial charge in [0.25, 0.3) is 5.91 Å².